The number of ether oxygens (including phenoxy) is 1. The first kappa shape index (κ1) is 31.5. The molecule has 7 nitrogen and oxygen atoms in total. The van der Waals surface area contributed by atoms with E-state index in [1.165, 1.54) is 18.9 Å². The lowest BCUT2D eigenvalue weighted by atomic mass is 9.98. The quantitative estimate of drug-likeness (QED) is 0.139. The summed E-state index contributed by atoms with van der Waals surface area (Å²) < 4.78 is 15.6. The Morgan fingerprint density at radius 3 is 2.36 bits per heavy atom. The molecule has 1 aromatic carbocycles. The smallest absolute Gasteiger partial charge is 0.354 e. The Kier molecular flexibility index (Phi) is 9.84. The number of carbonyl (C=O) groups is 2. The van der Waals surface area contributed by atoms with Gasteiger partial charge in [0.2, 0.25) is 0 Å². The summed E-state index contributed by atoms with van der Waals surface area (Å²) in [5.74, 6) is 0.120. The van der Waals surface area contributed by atoms with Crippen molar-refractivity contribution in [1.82, 2.24) is 14.3 Å². The maximum atomic E-state index is 13.3. The zero-order valence-corrected chi connectivity index (χ0v) is 27.5. The van der Waals surface area contributed by atoms with Crippen molar-refractivity contribution in [3.8, 4) is 11.1 Å². The molecule has 39 heavy (non-hydrogen) atoms. The minimum Gasteiger partial charge on any atom is -0.464 e. The SMILES string of the molecule is COC(=O)c1c(CCCO[Si](C)(C)C(C)(C)C)c2ccc(Cl)c(-c3c(C)nn(C)c3C)c2n1CCSC(C)=O. The lowest BCUT2D eigenvalue weighted by Gasteiger charge is -2.36. The molecule has 10 heteroatoms. The van der Waals surface area contributed by atoms with E-state index < -0.39 is 14.3 Å². The Hall–Kier alpha value is -2.07. The molecule has 0 aliphatic rings. The molecule has 0 bridgehead atoms. The van der Waals surface area contributed by atoms with Crippen LogP contribution >= 0.6 is 23.4 Å². The first-order valence-electron chi connectivity index (χ1n) is 13.3. The molecule has 0 radical (unpaired) electrons. The van der Waals surface area contributed by atoms with Crippen molar-refractivity contribution in [2.75, 3.05) is 19.5 Å². The number of carbonyl (C=O) groups excluding carboxylic acids is 2. The fourth-order valence-electron chi connectivity index (χ4n) is 4.75. The number of rotatable bonds is 10. The molecule has 2 aromatic heterocycles. The molecule has 214 valence electrons. The molecule has 0 atom stereocenters. The number of hydrogen-bond donors (Lipinski definition) is 0. The second-order valence-electron chi connectivity index (χ2n) is 11.5. The first-order valence-corrected chi connectivity index (χ1v) is 17.6. The van der Waals surface area contributed by atoms with Crippen LogP contribution in [0.25, 0.3) is 22.0 Å². The number of fused-ring (bicyclic) bond motifs is 1. The van der Waals surface area contributed by atoms with Gasteiger partial charge in [-0.2, -0.15) is 5.10 Å². The van der Waals surface area contributed by atoms with E-state index in [0.717, 1.165) is 45.4 Å². The summed E-state index contributed by atoms with van der Waals surface area (Å²) in [6.07, 6.45) is 1.41. The molecule has 0 unspecified atom stereocenters. The van der Waals surface area contributed by atoms with Crippen LogP contribution in [0.1, 0.15) is 61.6 Å². The van der Waals surface area contributed by atoms with Gasteiger partial charge in [0.05, 0.1) is 23.3 Å². The maximum absolute atomic E-state index is 13.3. The van der Waals surface area contributed by atoms with Crippen LogP contribution in [-0.4, -0.2) is 53.2 Å². The van der Waals surface area contributed by atoms with Crippen LogP contribution in [0, 0.1) is 13.8 Å². The van der Waals surface area contributed by atoms with Gasteiger partial charge < -0.3 is 13.7 Å². The van der Waals surface area contributed by atoms with Crippen molar-refractivity contribution < 1.29 is 18.8 Å². The number of aryl methyl sites for hydroxylation is 4. The second-order valence-corrected chi connectivity index (χ2v) is 18.0. The number of methoxy groups -OCH3 is 1. The molecular weight excluding hydrogens is 550 g/mol. The zero-order chi connectivity index (χ0) is 29.3. The fourth-order valence-corrected chi connectivity index (χ4v) is 6.64. The largest absolute Gasteiger partial charge is 0.464 e. The van der Waals surface area contributed by atoms with E-state index in [9.17, 15) is 9.59 Å². The van der Waals surface area contributed by atoms with Gasteiger partial charge in [-0.25, -0.2) is 4.79 Å². The van der Waals surface area contributed by atoms with Crippen LogP contribution < -0.4 is 0 Å². The third-order valence-corrected chi connectivity index (χ3v) is 13.5. The molecule has 0 saturated heterocycles. The normalized spacial score (nSPS) is 12.4. The van der Waals surface area contributed by atoms with Gasteiger partial charge in [0.15, 0.2) is 13.4 Å². The van der Waals surface area contributed by atoms with Gasteiger partial charge in [-0.1, -0.05) is 50.2 Å². The van der Waals surface area contributed by atoms with Crippen molar-refractivity contribution in [2.24, 2.45) is 7.05 Å². The van der Waals surface area contributed by atoms with Gasteiger partial charge >= 0.3 is 5.97 Å². The van der Waals surface area contributed by atoms with Crippen molar-refractivity contribution in [3.63, 3.8) is 0 Å². The van der Waals surface area contributed by atoms with Gasteiger partial charge in [-0.15, -0.1) is 0 Å². The number of esters is 1. The molecule has 3 aromatic rings. The van der Waals surface area contributed by atoms with Crippen molar-refractivity contribution in [2.45, 2.75) is 79.1 Å². The molecule has 0 N–H and O–H groups in total. The highest BCUT2D eigenvalue weighted by Gasteiger charge is 2.37. The van der Waals surface area contributed by atoms with E-state index in [1.807, 2.05) is 42.3 Å². The van der Waals surface area contributed by atoms with Gasteiger partial charge in [0, 0.05) is 55.1 Å². The topological polar surface area (TPSA) is 75.3 Å². The van der Waals surface area contributed by atoms with Crippen molar-refractivity contribution in [3.05, 3.63) is 39.8 Å². The lowest BCUT2D eigenvalue weighted by Crippen LogP contribution is -2.41. The van der Waals surface area contributed by atoms with E-state index in [-0.39, 0.29) is 10.2 Å². The maximum Gasteiger partial charge on any atom is 0.354 e. The standard InChI is InChI=1S/C29H42ClN3O4SSi/c1-18-24(19(2)32(7)31-18)25-23(30)14-13-22-21(12-11-16-37-39(9,10)29(4,5)6)27(28(35)36-8)33(26(22)25)15-17-38-20(3)34/h13-14H,11-12,15-17H2,1-10H3. The summed E-state index contributed by atoms with van der Waals surface area (Å²) in [5.41, 5.74) is 5.93. The Morgan fingerprint density at radius 1 is 1.15 bits per heavy atom. The second kappa shape index (κ2) is 12.2. The van der Waals surface area contributed by atoms with Crippen molar-refractivity contribution >= 4 is 53.7 Å². The molecular formula is C29H42ClN3O4SSi. The molecule has 0 aliphatic carbocycles. The van der Waals surface area contributed by atoms with Gasteiger partial charge in [-0.3, -0.25) is 9.48 Å². The predicted octanol–water partition coefficient (Wildman–Crippen LogP) is 7.33. The van der Waals surface area contributed by atoms with Gasteiger partial charge in [0.25, 0.3) is 0 Å². The molecule has 0 saturated carbocycles. The zero-order valence-electron chi connectivity index (χ0n) is 25.0. The third-order valence-electron chi connectivity index (χ3n) is 7.88. The number of nitrogens with zero attached hydrogens (tertiary/aromatic N) is 3. The predicted molar refractivity (Wildman–Crippen MR) is 165 cm³/mol. The van der Waals surface area contributed by atoms with Gasteiger partial charge in [-0.05, 0) is 56.5 Å². The Balaban J connectivity index is 2.21. The third kappa shape index (κ3) is 6.47. The highest BCUT2D eigenvalue weighted by Crippen LogP contribution is 2.42. The molecule has 2 heterocycles. The average Bonchev–Trinajstić information content (AvgIpc) is 3.28. The Bertz CT molecular complexity index is 1390. The molecule has 3 rings (SSSR count). The van der Waals surface area contributed by atoms with Gasteiger partial charge in [0.1, 0.15) is 5.69 Å². The summed E-state index contributed by atoms with van der Waals surface area (Å²) in [7, 11) is 1.43. The number of hydrogen-bond acceptors (Lipinski definition) is 6. The summed E-state index contributed by atoms with van der Waals surface area (Å²) in [6, 6.07) is 3.89. The monoisotopic (exact) mass is 591 g/mol. The van der Waals surface area contributed by atoms with Crippen LogP contribution in [0.4, 0.5) is 0 Å². The minimum absolute atomic E-state index is 0.0336. The summed E-state index contributed by atoms with van der Waals surface area (Å²) >= 11 is 8.14. The average molecular weight is 592 g/mol. The van der Waals surface area contributed by atoms with Crippen LogP contribution in [0.2, 0.25) is 23.2 Å². The van der Waals surface area contributed by atoms with Crippen LogP contribution in [0.3, 0.4) is 0 Å². The number of aromatic nitrogens is 3. The molecule has 0 fully saturated rings. The highest BCUT2D eigenvalue weighted by atomic mass is 35.5. The van der Waals surface area contributed by atoms with Crippen LogP contribution in [0.15, 0.2) is 12.1 Å². The van der Waals surface area contributed by atoms with Crippen LogP contribution in [-0.2, 0) is 34.0 Å². The van der Waals surface area contributed by atoms with Crippen LogP contribution in [0.5, 0.6) is 0 Å². The highest BCUT2D eigenvalue weighted by molar-refractivity contribution is 8.13. The lowest BCUT2D eigenvalue weighted by molar-refractivity contribution is -0.109. The summed E-state index contributed by atoms with van der Waals surface area (Å²) in [5, 5.41) is 6.33. The van der Waals surface area contributed by atoms with E-state index in [4.69, 9.17) is 20.8 Å². The number of halogens is 1. The van der Waals surface area contributed by atoms with Crippen molar-refractivity contribution in [1.29, 1.82) is 0 Å². The Morgan fingerprint density at radius 2 is 1.82 bits per heavy atom. The minimum atomic E-state index is -1.89. The number of thioether (sulfide) groups is 1. The summed E-state index contributed by atoms with van der Waals surface area (Å²) in [6.45, 7) is 17.8. The molecule has 0 amide bonds. The van der Waals surface area contributed by atoms with E-state index in [1.54, 1.807) is 6.92 Å². The Labute approximate surface area is 242 Å². The van der Waals surface area contributed by atoms with E-state index in [2.05, 4.69) is 39.0 Å². The first-order chi connectivity index (χ1) is 18.1. The summed E-state index contributed by atoms with van der Waals surface area (Å²) in [4.78, 5) is 25.1. The van der Waals surface area contributed by atoms with E-state index >= 15 is 0 Å². The fraction of sp³-hybridized carbons (Fsp3) is 0.552. The number of benzene rings is 1. The molecule has 0 aliphatic heterocycles. The van der Waals surface area contributed by atoms with E-state index in [0.29, 0.717) is 36.0 Å². The molecule has 0 spiro atoms.